The fourth-order valence-electron chi connectivity index (χ4n) is 1.70. The van der Waals surface area contributed by atoms with E-state index in [0.717, 1.165) is 18.1 Å². The fourth-order valence-corrected chi connectivity index (χ4v) is 1.88. The fraction of sp³-hybridized carbons (Fsp3) is 0.231. The molecule has 2 aromatic rings. The van der Waals surface area contributed by atoms with Crippen LogP contribution in [0.3, 0.4) is 0 Å². The van der Waals surface area contributed by atoms with Crippen LogP contribution in [0.2, 0.25) is 5.02 Å². The molecule has 0 saturated heterocycles. The maximum absolute atomic E-state index is 8.85. The van der Waals surface area contributed by atoms with E-state index in [1.54, 1.807) is 24.4 Å². The van der Waals surface area contributed by atoms with Gasteiger partial charge in [-0.05, 0) is 25.1 Å². The molecule has 0 amide bonds. The summed E-state index contributed by atoms with van der Waals surface area (Å²) in [6, 6.07) is 7.24. The Kier molecular flexibility index (Phi) is 3.85. The molecule has 0 fully saturated rings. The number of anilines is 1. The highest BCUT2D eigenvalue weighted by Crippen LogP contribution is 2.23. The standard InChI is InChI=1S/C13H13ClN4/c1-2-18-6-5-16-13(18)9-17-12-7-10(8-15)3-4-11(12)14/h3-7,17H,2,9H2,1H3. The molecule has 18 heavy (non-hydrogen) atoms. The predicted octanol–water partition coefficient (Wildman–Crippen LogP) is 3.04. The number of aromatic nitrogens is 2. The SMILES string of the molecule is CCn1ccnc1CNc1cc(C#N)ccc1Cl. The summed E-state index contributed by atoms with van der Waals surface area (Å²) >= 11 is 6.07. The van der Waals surface area contributed by atoms with Gasteiger partial charge in [0.25, 0.3) is 0 Å². The largest absolute Gasteiger partial charge is 0.377 e. The van der Waals surface area contributed by atoms with E-state index in [1.807, 2.05) is 6.20 Å². The average molecular weight is 261 g/mol. The predicted molar refractivity (Wildman–Crippen MR) is 71.4 cm³/mol. The summed E-state index contributed by atoms with van der Waals surface area (Å²) < 4.78 is 2.05. The number of aryl methyl sites for hydroxylation is 1. The zero-order valence-electron chi connectivity index (χ0n) is 10.0. The first kappa shape index (κ1) is 12.5. The lowest BCUT2D eigenvalue weighted by atomic mass is 10.2. The molecule has 5 heteroatoms. The van der Waals surface area contributed by atoms with Gasteiger partial charge in [-0.25, -0.2) is 4.98 Å². The summed E-state index contributed by atoms with van der Waals surface area (Å²) in [6.07, 6.45) is 3.71. The molecule has 1 aromatic heterocycles. The molecule has 0 bridgehead atoms. The molecule has 0 aliphatic carbocycles. The van der Waals surface area contributed by atoms with Crippen LogP contribution in [0.1, 0.15) is 18.3 Å². The maximum Gasteiger partial charge on any atom is 0.128 e. The number of hydrogen-bond acceptors (Lipinski definition) is 3. The molecule has 1 heterocycles. The van der Waals surface area contributed by atoms with Crippen LogP contribution in [0.25, 0.3) is 0 Å². The van der Waals surface area contributed by atoms with E-state index in [0.29, 0.717) is 17.1 Å². The van der Waals surface area contributed by atoms with Crippen molar-refractivity contribution in [2.45, 2.75) is 20.0 Å². The molecule has 0 atom stereocenters. The number of imidazole rings is 1. The minimum Gasteiger partial charge on any atom is -0.377 e. The highest BCUT2D eigenvalue weighted by molar-refractivity contribution is 6.33. The molecule has 0 saturated carbocycles. The topological polar surface area (TPSA) is 53.6 Å². The molecule has 0 radical (unpaired) electrons. The van der Waals surface area contributed by atoms with Crippen LogP contribution in [0.4, 0.5) is 5.69 Å². The zero-order chi connectivity index (χ0) is 13.0. The van der Waals surface area contributed by atoms with Gasteiger partial charge in [0.05, 0.1) is 28.9 Å². The highest BCUT2D eigenvalue weighted by atomic mass is 35.5. The van der Waals surface area contributed by atoms with Gasteiger partial charge in [0.2, 0.25) is 0 Å². The third-order valence-electron chi connectivity index (χ3n) is 2.67. The Bertz CT molecular complexity index is 583. The van der Waals surface area contributed by atoms with E-state index in [-0.39, 0.29) is 0 Å². The van der Waals surface area contributed by atoms with Gasteiger partial charge in [-0.15, -0.1) is 0 Å². The van der Waals surface area contributed by atoms with Gasteiger partial charge in [0.15, 0.2) is 0 Å². The summed E-state index contributed by atoms with van der Waals surface area (Å²) in [6.45, 7) is 3.52. The van der Waals surface area contributed by atoms with Gasteiger partial charge in [-0.1, -0.05) is 11.6 Å². The van der Waals surface area contributed by atoms with Crippen molar-refractivity contribution in [1.29, 1.82) is 5.26 Å². The van der Waals surface area contributed by atoms with Crippen molar-refractivity contribution < 1.29 is 0 Å². The molecule has 0 aliphatic heterocycles. The van der Waals surface area contributed by atoms with Crippen molar-refractivity contribution in [1.82, 2.24) is 9.55 Å². The molecular formula is C13H13ClN4. The Morgan fingerprint density at radius 3 is 3.06 bits per heavy atom. The zero-order valence-corrected chi connectivity index (χ0v) is 10.8. The molecule has 0 unspecified atom stereocenters. The number of nitriles is 1. The van der Waals surface area contributed by atoms with Crippen LogP contribution >= 0.6 is 11.6 Å². The lowest BCUT2D eigenvalue weighted by Crippen LogP contribution is -2.07. The quantitative estimate of drug-likeness (QED) is 0.919. The summed E-state index contributed by atoms with van der Waals surface area (Å²) in [7, 11) is 0. The molecular weight excluding hydrogens is 248 g/mol. The first-order valence-corrected chi connectivity index (χ1v) is 6.06. The number of halogens is 1. The van der Waals surface area contributed by atoms with Gasteiger partial charge in [0, 0.05) is 18.9 Å². The molecule has 0 aliphatic rings. The minimum atomic E-state index is 0.579. The second kappa shape index (κ2) is 5.56. The van der Waals surface area contributed by atoms with E-state index in [9.17, 15) is 0 Å². The minimum absolute atomic E-state index is 0.579. The molecule has 4 nitrogen and oxygen atoms in total. The van der Waals surface area contributed by atoms with Crippen LogP contribution in [-0.4, -0.2) is 9.55 Å². The van der Waals surface area contributed by atoms with Crippen LogP contribution in [0.15, 0.2) is 30.6 Å². The molecule has 0 spiro atoms. The molecule has 92 valence electrons. The van der Waals surface area contributed by atoms with Crippen molar-refractivity contribution in [3.8, 4) is 6.07 Å². The monoisotopic (exact) mass is 260 g/mol. The van der Waals surface area contributed by atoms with Crippen LogP contribution < -0.4 is 5.32 Å². The maximum atomic E-state index is 8.85. The summed E-state index contributed by atoms with van der Waals surface area (Å²) in [5.41, 5.74) is 1.34. The number of benzene rings is 1. The van der Waals surface area contributed by atoms with Crippen molar-refractivity contribution in [3.05, 3.63) is 47.0 Å². The second-order valence-electron chi connectivity index (χ2n) is 3.79. The van der Waals surface area contributed by atoms with Crippen LogP contribution in [0, 0.1) is 11.3 Å². The van der Waals surface area contributed by atoms with Crippen molar-refractivity contribution in [3.63, 3.8) is 0 Å². The van der Waals surface area contributed by atoms with Gasteiger partial charge in [-0.3, -0.25) is 0 Å². The van der Waals surface area contributed by atoms with E-state index >= 15 is 0 Å². The van der Waals surface area contributed by atoms with Gasteiger partial charge in [0.1, 0.15) is 5.82 Å². The van der Waals surface area contributed by atoms with Gasteiger partial charge >= 0.3 is 0 Å². The summed E-state index contributed by atoms with van der Waals surface area (Å²) in [4.78, 5) is 4.27. The van der Waals surface area contributed by atoms with Crippen molar-refractivity contribution in [2.75, 3.05) is 5.32 Å². The Hall–Kier alpha value is -1.99. The molecule has 1 aromatic carbocycles. The third kappa shape index (κ3) is 2.63. The van der Waals surface area contributed by atoms with E-state index in [4.69, 9.17) is 16.9 Å². The second-order valence-corrected chi connectivity index (χ2v) is 4.20. The lowest BCUT2D eigenvalue weighted by Gasteiger charge is -2.09. The number of hydrogen-bond donors (Lipinski definition) is 1. The highest BCUT2D eigenvalue weighted by Gasteiger charge is 2.04. The van der Waals surface area contributed by atoms with Gasteiger partial charge < -0.3 is 9.88 Å². The lowest BCUT2D eigenvalue weighted by molar-refractivity contribution is 0.708. The smallest absolute Gasteiger partial charge is 0.128 e. The van der Waals surface area contributed by atoms with Crippen LogP contribution in [0.5, 0.6) is 0 Å². The number of nitrogens with zero attached hydrogens (tertiary/aromatic N) is 3. The van der Waals surface area contributed by atoms with Gasteiger partial charge in [-0.2, -0.15) is 5.26 Å². The molecule has 2 rings (SSSR count). The van der Waals surface area contributed by atoms with E-state index in [1.165, 1.54) is 0 Å². The average Bonchev–Trinajstić information content (AvgIpc) is 2.85. The van der Waals surface area contributed by atoms with E-state index in [2.05, 4.69) is 27.9 Å². The normalized spacial score (nSPS) is 10.1. The van der Waals surface area contributed by atoms with E-state index < -0.39 is 0 Å². The summed E-state index contributed by atoms with van der Waals surface area (Å²) in [5.74, 6) is 0.941. The number of rotatable bonds is 4. The number of nitrogens with one attached hydrogen (secondary N) is 1. The van der Waals surface area contributed by atoms with Crippen LogP contribution in [-0.2, 0) is 13.1 Å². The Morgan fingerprint density at radius 1 is 1.50 bits per heavy atom. The first-order valence-electron chi connectivity index (χ1n) is 5.68. The summed E-state index contributed by atoms with van der Waals surface area (Å²) in [5, 5.41) is 12.6. The van der Waals surface area contributed by atoms with Crippen molar-refractivity contribution >= 4 is 17.3 Å². The molecule has 1 N–H and O–H groups in total. The Labute approximate surface area is 111 Å². The van der Waals surface area contributed by atoms with Crippen molar-refractivity contribution in [2.24, 2.45) is 0 Å². The first-order chi connectivity index (χ1) is 8.74. The Morgan fingerprint density at radius 2 is 2.33 bits per heavy atom. The Balaban J connectivity index is 2.13. The third-order valence-corrected chi connectivity index (χ3v) is 3.00.